The van der Waals surface area contributed by atoms with Gasteiger partial charge in [-0.15, -0.1) is 0 Å². The van der Waals surface area contributed by atoms with Crippen LogP contribution in [-0.2, 0) is 14.3 Å². The maximum Gasteiger partial charge on any atom is 0.357 e. The van der Waals surface area contributed by atoms with E-state index in [1.165, 1.54) is 20.5 Å². The van der Waals surface area contributed by atoms with Gasteiger partial charge in [-0.05, 0) is 23.8 Å². The number of pyridine rings is 1. The monoisotopic (exact) mass is 324 g/mol. The second kappa shape index (κ2) is 8.53. The topological polar surface area (TPSA) is 51.7 Å². The molecule has 0 unspecified atom stereocenters. The summed E-state index contributed by atoms with van der Waals surface area (Å²) in [4.78, 5) is 18.0. The molecule has 1 heterocycles. The van der Waals surface area contributed by atoms with Crippen molar-refractivity contribution in [2.45, 2.75) is 0 Å². The number of hydrogen-bond acceptors (Lipinski definition) is 5. The fourth-order valence-electron chi connectivity index (χ4n) is 2.07. The van der Waals surface area contributed by atoms with Crippen molar-refractivity contribution in [1.29, 1.82) is 0 Å². The predicted molar refractivity (Wildman–Crippen MR) is 95.1 cm³/mol. The number of carbonyl (C=O) groups excluding carboxylic acids is 1. The highest BCUT2D eigenvalue weighted by Gasteiger charge is 2.17. The van der Waals surface area contributed by atoms with Gasteiger partial charge in [0.1, 0.15) is 12.1 Å². The summed E-state index contributed by atoms with van der Waals surface area (Å²) in [6.45, 7) is 0. The van der Waals surface area contributed by atoms with E-state index in [2.05, 4.69) is 4.98 Å². The zero-order valence-electron chi connectivity index (χ0n) is 14.0. The second-order valence-corrected chi connectivity index (χ2v) is 4.95. The fraction of sp³-hybridized carbons (Fsp3) is 0.158. The van der Waals surface area contributed by atoms with Gasteiger partial charge in [0.05, 0.1) is 19.9 Å². The van der Waals surface area contributed by atoms with Gasteiger partial charge in [0.15, 0.2) is 5.70 Å². The van der Waals surface area contributed by atoms with Gasteiger partial charge in [0, 0.05) is 7.05 Å². The highest BCUT2D eigenvalue weighted by atomic mass is 16.5. The van der Waals surface area contributed by atoms with Crippen LogP contribution in [0.4, 0.5) is 5.82 Å². The molecule has 5 heteroatoms. The molecule has 0 saturated heterocycles. The normalized spacial score (nSPS) is 11.4. The number of carbonyl (C=O) groups is 1. The summed E-state index contributed by atoms with van der Waals surface area (Å²) >= 11 is 0. The Morgan fingerprint density at radius 2 is 1.79 bits per heavy atom. The lowest BCUT2D eigenvalue weighted by atomic mass is 10.2. The number of likely N-dealkylation sites (N-methyl/N-ethyl adjacent to an activating group) is 1. The molecule has 0 saturated carbocycles. The van der Waals surface area contributed by atoms with E-state index in [-0.39, 0.29) is 5.70 Å². The number of anilines is 1. The zero-order valence-corrected chi connectivity index (χ0v) is 14.0. The van der Waals surface area contributed by atoms with Crippen LogP contribution >= 0.6 is 0 Å². The summed E-state index contributed by atoms with van der Waals surface area (Å²) in [7, 11) is 4.53. The van der Waals surface area contributed by atoms with Gasteiger partial charge in [-0.25, -0.2) is 9.78 Å². The molecule has 0 N–H and O–H groups in total. The van der Waals surface area contributed by atoms with Crippen molar-refractivity contribution < 1.29 is 14.3 Å². The minimum atomic E-state index is -0.494. The van der Waals surface area contributed by atoms with Gasteiger partial charge in [-0.3, -0.25) is 0 Å². The molecule has 1 aromatic carbocycles. The van der Waals surface area contributed by atoms with Crippen LogP contribution in [0.25, 0.3) is 12.2 Å². The quantitative estimate of drug-likeness (QED) is 0.463. The SMILES string of the molecule is COC=C(C(=O)OC)N(C)c1cccc(C=Cc2ccccc2)n1. The first-order valence-electron chi connectivity index (χ1n) is 7.41. The average Bonchev–Trinajstić information content (AvgIpc) is 2.64. The highest BCUT2D eigenvalue weighted by molar-refractivity contribution is 5.91. The molecule has 0 aliphatic heterocycles. The maximum absolute atomic E-state index is 11.9. The van der Waals surface area contributed by atoms with Crippen molar-refractivity contribution in [3.63, 3.8) is 0 Å². The lowest BCUT2D eigenvalue weighted by Gasteiger charge is -2.19. The number of rotatable bonds is 6. The molecule has 0 aliphatic rings. The van der Waals surface area contributed by atoms with Gasteiger partial charge >= 0.3 is 5.97 Å². The first-order valence-corrected chi connectivity index (χ1v) is 7.41. The highest BCUT2D eigenvalue weighted by Crippen LogP contribution is 2.17. The van der Waals surface area contributed by atoms with E-state index >= 15 is 0 Å². The lowest BCUT2D eigenvalue weighted by Crippen LogP contribution is -2.25. The summed E-state index contributed by atoms with van der Waals surface area (Å²) in [6, 6.07) is 15.6. The Labute approximate surface area is 141 Å². The van der Waals surface area contributed by atoms with Crippen LogP contribution < -0.4 is 4.90 Å². The summed E-state index contributed by atoms with van der Waals surface area (Å²) in [6.07, 6.45) is 5.24. The van der Waals surface area contributed by atoms with Crippen LogP contribution in [0.3, 0.4) is 0 Å². The van der Waals surface area contributed by atoms with Crippen LogP contribution in [-0.4, -0.2) is 32.2 Å². The molecule has 1 aromatic heterocycles. The Bertz CT molecular complexity index is 739. The Kier molecular flexibility index (Phi) is 6.14. The second-order valence-electron chi connectivity index (χ2n) is 4.95. The van der Waals surface area contributed by atoms with Gasteiger partial charge in [0.2, 0.25) is 0 Å². The molecule has 0 bridgehead atoms. The van der Waals surface area contributed by atoms with Crippen molar-refractivity contribution in [3.05, 3.63) is 71.7 Å². The van der Waals surface area contributed by atoms with E-state index < -0.39 is 5.97 Å². The summed E-state index contributed by atoms with van der Waals surface area (Å²) in [5.74, 6) is 0.116. The number of aromatic nitrogens is 1. The van der Waals surface area contributed by atoms with Crippen LogP contribution in [0, 0.1) is 0 Å². The first-order chi connectivity index (χ1) is 11.7. The number of ether oxygens (including phenoxy) is 2. The first kappa shape index (κ1) is 17.3. The molecule has 0 amide bonds. The third-order valence-corrected chi connectivity index (χ3v) is 3.33. The minimum Gasteiger partial charge on any atom is -0.502 e. The molecule has 24 heavy (non-hydrogen) atoms. The van der Waals surface area contributed by atoms with Gasteiger partial charge in [-0.2, -0.15) is 0 Å². The van der Waals surface area contributed by atoms with Gasteiger partial charge < -0.3 is 14.4 Å². The fourth-order valence-corrected chi connectivity index (χ4v) is 2.07. The van der Waals surface area contributed by atoms with Crippen LogP contribution in [0.15, 0.2) is 60.5 Å². The Hall–Kier alpha value is -3.08. The summed E-state index contributed by atoms with van der Waals surface area (Å²) < 4.78 is 9.73. The van der Waals surface area contributed by atoms with E-state index in [9.17, 15) is 4.79 Å². The Balaban J connectivity index is 2.24. The molecular weight excluding hydrogens is 304 g/mol. The maximum atomic E-state index is 11.9. The van der Waals surface area contributed by atoms with Crippen molar-refractivity contribution in [2.24, 2.45) is 0 Å². The van der Waals surface area contributed by atoms with Crippen LogP contribution in [0.1, 0.15) is 11.3 Å². The molecule has 2 aromatic rings. The molecular formula is C19H20N2O3. The third-order valence-electron chi connectivity index (χ3n) is 3.33. The molecule has 0 radical (unpaired) electrons. The summed E-state index contributed by atoms with van der Waals surface area (Å²) in [5, 5.41) is 0. The van der Waals surface area contributed by atoms with Crippen molar-refractivity contribution in [1.82, 2.24) is 4.98 Å². The molecule has 0 aliphatic carbocycles. The Morgan fingerprint density at radius 3 is 2.46 bits per heavy atom. The number of methoxy groups -OCH3 is 2. The van der Waals surface area contributed by atoms with Gasteiger partial charge in [0.25, 0.3) is 0 Å². The third kappa shape index (κ3) is 4.46. The van der Waals surface area contributed by atoms with E-state index in [1.54, 1.807) is 11.9 Å². The van der Waals surface area contributed by atoms with E-state index in [1.807, 2.05) is 60.7 Å². The van der Waals surface area contributed by atoms with Gasteiger partial charge in [-0.1, -0.05) is 42.5 Å². The minimum absolute atomic E-state index is 0.261. The van der Waals surface area contributed by atoms with Crippen molar-refractivity contribution >= 4 is 23.9 Å². The number of hydrogen-bond donors (Lipinski definition) is 0. The van der Waals surface area contributed by atoms with Crippen LogP contribution in [0.5, 0.6) is 0 Å². The number of nitrogens with zero attached hydrogens (tertiary/aromatic N) is 2. The van der Waals surface area contributed by atoms with E-state index in [4.69, 9.17) is 9.47 Å². The molecule has 0 atom stereocenters. The Morgan fingerprint density at radius 1 is 1.04 bits per heavy atom. The molecule has 0 spiro atoms. The average molecular weight is 324 g/mol. The predicted octanol–water partition coefficient (Wildman–Crippen LogP) is 3.35. The van der Waals surface area contributed by atoms with Crippen molar-refractivity contribution in [2.75, 3.05) is 26.2 Å². The largest absolute Gasteiger partial charge is 0.502 e. The number of esters is 1. The number of benzene rings is 1. The smallest absolute Gasteiger partial charge is 0.357 e. The van der Waals surface area contributed by atoms with E-state index in [0.717, 1.165) is 11.3 Å². The standard InChI is InChI=1S/C19H20N2O3/c1-21(17(14-23-2)19(22)24-3)18-11-7-10-16(20-18)13-12-15-8-5-4-6-9-15/h4-14H,1-3H3. The molecule has 124 valence electrons. The molecule has 5 nitrogen and oxygen atoms in total. The van der Waals surface area contributed by atoms with Crippen LogP contribution in [0.2, 0.25) is 0 Å². The lowest BCUT2D eigenvalue weighted by molar-refractivity contribution is -0.136. The van der Waals surface area contributed by atoms with Crippen molar-refractivity contribution in [3.8, 4) is 0 Å². The molecule has 0 fully saturated rings. The van der Waals surface area contributed by atoms with E-state index in [0.29, 0.717) is 5.82 Å². The summed E-state index contributed by atoms with van der Waals surface area (Å²) in [5.41, 5.74) is 2.13. The molecule has 2 rings (SSSR count). The zero-order chi connectivity index (χ0) is 17.4.